The molecule has 3 N–H and O–H groups in total. The zero-order valence-corrected chi connectivity index (χ0v) is 10.1. The molecule has 0 atom stereocenters. The van der Waals surface area contributed by atoms with Crippen LogP contribution in [-0.2, 0) is 0 Å². The number of benzene rings is 1. The average molecular weight is 265 g/mol. The Balaban J connectivity index is 3.55. The molecule has 1 rings (SSSR count). The van der Waals surface area contributed by atoms with Gasteiger partial charge in [-0.15, -0.1) is 0 Å². The van der Waals surface area contributed by atoms with E-state index in [1.807, 2.05) is 5.43 Å². The van der Waals surface area contributed by atoms with Crippen molar-refractivity contribution in [2.75, 3.05) is 14.2 Å². The van der Waals surface area contributed by atoms with Crippen LogP contribution in [0.5, 0.6) is 11.5 Å². The second kappa shape index (κ2) is 5.25. The maximum Gasteiger partial charge on any atom is 0.272 e. The lowest BCUT2D eigenvalue weighted by molar-refractivity contribution is 0.0947. The maximum atomic E-state index is 11.6. The Morgan fingerprint density at radius 2 is 1.69 bits per heavy atom. The molecule has 5 nitrogen and oxygen atoms in total. The standard InChI is InChI=1S/C9H10Cl2N2O3/c1-15-7-4(10)3-5(11)8(16-2)6(7)9(14)13-12/h3H,12H2,1-2H3,(H,13,14). The highest BCUT2D eigenvalue weighted by Gasteiger charge is 2.23. The fraction of sp³-hybridized carbons (Fsp3) is 0.222. The zero-order chi connectivity index (χ0) is 12.3. The van der Waals surface area contributed by atoms with E-state index in [0.717, 1.165) is 0 Å². The van der Waals surface area contributed by atoms with Crippen molar-refractivity contribution in [1.82, 2.24) is 5.43 Å². The van der Waals surface area contributed by atoms with Gasteiger partial charge in [-0.05, 0) is 6.07 Å². The van der Waals surface area contributed by atoms with Crippen LogP contribution < -0.4 is 20.7 Å². The first-order valence-corrected chi connectivity index (χ1v) is 4.93. The van der Waals surface area contributed by atoms with Gasteiger partial charge in [0.1, 0.15) is 5.56 Å². The molecule has 0 aliphatic heterocycles. The molecule has 0 spiro atoms. The van der Waals surface area contributed by atoms with Crippen molar-refractivity contribution >= 4 is 29.1 Å². The molecule has 88 valence electrons. The smallest absolute Gasteiger partial charge is 0.272 e. The average Bonchev–Trinajstić information content (AvgIpc) is 2.27. The lowest BCUT2D eigenvalue weighted by Gasteiger charge is -2.14. The Hall–Kier alpha value is -1.17. The fourth-order valence-corrected chi connectivity index (χ4v) is 1.88. The summed E-state index contributed by atoms with van der Waals surface area (Å²) in [6.07, 6.45) is 0. The van der Waals surface area contributed by atoms with Crippen LogP contribution in [-0.4, -0.2) is 20.1 Å². The SMILES string of the molecule is COc1c(Cl)cc(Cl)c(OC)c1C(=O)NN. The lowest BCUT2D eigenvalue weighted by Crippen LogP contribution is -2.30. The number of nitrogens with two attached hydrogens (primary N) is 1. The number of methoxy groups -OCH3 is 2. The Kier molecular flexibility index (Phi) is 4.23. The molecule has 1 aromatic rings. The summed E-state index contributed by atoms with van der Waals surface area (Å²) in [6.45, 7) is 0. The molecule has 1 amide bonds. The monoisotopic (exact) mass is 264 g/mol. The first kappa shape index (κ1) is 12.9. The number of ether oxygens (including phenoxy) is 2. The minimum absolute atomic E-state index is 0.0602. The van der Waals surface area contributed by atoms with E-state index in [1.54, 1.807) is 0 Å². The van der Waals surface area contributed by atoms with E-state index >= 15 is 0 Å². The zero-order valence-electron chi connectivity index (χ0n) is 8.64. The molecule has 0 radical (unpaired) electrons. The second-order valence-corrected chi connectivity index (χ2v) is 3.57. The number of nitrogen functional groups attached to an aromatic ring is 1. The number of amides is 1. The number of carbonyl (C=O) groups is 1. The summed E-state index contributed by atoms with van der Waals surface area (Å²) in [5, 5.41) is 0.402. The molecule has 0 aliphatic carbocycles. The van der Waals surface area contributed by atoms with Crippen molar-refractivity contribution < 1.29 is 14.3 Å². The van der Waals surface area contributed by atoms with E-state index in [2.05, 4.69) is 0 Å². The molecule has 0 aromatic heterocycles. The third-order valence-corrected chi connectivity index (χ3v) is 2.47. The molecule has 1 aromatic carbocycles. The van der Waals surface area contributed by atoms with E-state index < -0.39 is 5.91 Å². The number of hydrazine groups is 1. The first-order chi connectivity index (χ1) is 7.56. The number of hydrogen-bond donors (Lipinski definition) is 2. The highest BCUT2D eigenvalue weighted by atomic mass is 35.5. The van der Waals surface area contributed by atoms with Crippen molar-refractivity contribution in [1.29, 1.82) is 0 Å². The van der Waals surface area contributed by atoms with Crippen LogP contribution >= 0.6 is 23.2 Å². The van der Waals surface area contributed by atoms with Crippen molar-refractivity contribution in [2.24, 2.45) is 5.84 Å². The van der Waals surface area contributed by atoms with Gasteiger partial charge in [0.05, 0.1) is 24.3 Å². The number of carbonyl (C=O) groups excluding carboxylic acids is 1. The Bertz CT molecular complexity index is 395. The quantitative estimate of drug-likeness (QED) is 0.494. The Morgan fingerprint density at radius 3 is 2.00 bits per heavy atom. The minimum atomic E-state index is -0.599. The van der Waals surface area contributed by atoms with E-state index in [4.69, 9.17) is 38.5 Å². The summed E-state index contributed by atoms with van der Waals surface area (Å²) < 4.78 is 10.0. The molecule has 0 bridgehead atoms. The van der Waals surface area contributed by atoms with Gasteiger partial charge in [-0.25, -0.2) is 5.84 Å². The van der Waals surface area contributed by atoms with Crippen molar-refractivity contribution in [3.8, 4) is 11.5 Å². The third kappa shape index (κ3) is 2.16. The normalized spacial score (nSPS) is 9.81. The van der Waals surface area contributed by atoms with Crippen molar-refractivity contribution in [2.45, 2.75) is 0 Å². The van der Waals surface area contributed by atoms with E-state index in [0.29, 0.717) is 0 Å². The van der Waals surface area contributed by atoms with Gasteiger partial charge in [0, 0.05) is 0 Å². The van der Waals surface area contributed by atoms with Crippen LogP contribution in [0.25, 0.3) is 0 Å². The van der Waals surface area contributed by atoms with E-state index in [9.17, 15) is 4.79 Å². The molecular weight excluding hydrogens is 255 g/mol. The minimum Gasteiger partial charge on any atom is -0.494 e. The summed E-state index contributed by atoms with van der Waals surface area (Å²) in [6, 6.07) is 1.42. The Labute approximate surface area is 102 Å². The first-order valence-electron chi connectivity index (χ1n) is 4.17. The fourth-order valence-electron chi connectivity index (χ4n) is 1.26. The summed E-state index contributed by atoms with van der Waals surface area (Å²) in [4.78, 5) is 11.6. The van der Waals surface area contributed by atoms with Gasteiger partial charge in [-0.2, -0.15) is 0 Å². The van der Waals surface area contributed by atoms with Gasteiger partial charge in [0.25, 0.3) is 5.91 Å². The summed E-state index contributed by atoms with van der Waals surface area (Å²) >= 11 is 11.8. The molecule has 0 saturated heterocycles. The molecule has 7 heteroatoms. The van der Waals surface area contributed by atoms with Crippen LogP contribution in [0.2, 0.25) is 10.0 Å². The van der Waals surface area contributed by atoms with Gasteiger partial charge in [0.2, 0.25) is 0 Å². The highest BCUT2D eigenvalue weighted by molar-refractivity contribution is 6.37. The van der Waals surface area contributed by atoms with Gasteiger partial charge in [0.15, 0.2) is 11.5 Å². The molecule has 0 saturated carbocycles. The number of rotatable bonds is 3. The van der Waals surface area contributed by atoms with Crippen molar-refractivity contribution in [3.05, 3.63) is 21.7 Å². The third-order valence-electron chi connectivity index (χ3n) is 1.91. The van der Waals surface area contributed by atoms with E-state index in [1.165, 1.54) is 20.3 Å². The second-order valence-electron chi connectivity index (χ2n) is 2.76. The van der Waals surface area contributed by atoms with Gasteiger partial charge >= 0.3 is 0 Å². The topological polar surface area (TPSA) is 73.6 Å². The summed E-state index contributed by atoms with van der Waals surface area (Å²) in [5.41, 5.74) is 2.03. The number of nitrogens with one attached hydrogen (secondary N) is 1. The van der Waals surface area contributed by atoms with Crippen LogP contribution in [0.4, 0.5) is 0 Å². The molecular formula is C9H10Cl2N2O3. The molecule has 0 unspecified atom stereocenters. The molecule has 0 heterocycles. The summed E-state index contributed by atoms with van der Waals surface area (Å²) in [5.74, 6) is 4.77. The van der Waals surface area contributed by atoms with Crippen molar-refractivity contribution in [3.63, 3.8) is 0 Å². The Morgan fingerprint density at radius 1 is 1.25 bits per heavy atom. The molecule has 0 fully saturated rings. The summed E-state index contributed by atoms with van der Waals surface area (Å²) in [7, 11) is 2.75. The van der Waals surface area contributed by atoms with Crippen LogP contribution in [0, 0.1) is 0 Å². The predicted molar refractivity (Wildman–Crippen MR) is 61.2 cm³/mol. The molecule has 0 aliphatic rings. The van der Waals surface area contributed by atoms with Crippen LogP contribution in [0.3, 0.4) is 0 Å². The largest absolute Gasteiger partial charge is 0.494 e. The maximum absolute atomic E-state index is 11.6. The molecule has 16 heavy (non-hydrogen) atoms. The predicted octanol–water partition coefficient (Wildman–Crippen LogP) is 1.61. The van der Waals surface area contributed by atoms with Gasteiger partial charge in [-0.3, -0.25) is 10.2 Å². The van der Waals surface area contributed by atoms with Crippen LogP contribution in [0.15, 0.2) is 6.07 Å². The highest BCUT2D eigenvalue weighted by Crippen LogP contribution is 2.40. The van der Waals surface area contributed by atoms with Gasteiger partial charge in [-0.1, -0.05) is 23.2 Å². The lowest BCUT2D eigenvalue weighted by atomic mass is 10.1. The number of halogens is 2. The van der Waals surface area contributed by atoms with Crippen LogP contribution in [0.1, 0.15) is 10.4 Å². The van der Waals surface area contributed by atoms with E-state index in [-0.39, 0.29) is 27.1 Å². The van der Waals surface area contributed by atoms with Gasteiger partial charge < -0.3 is 9.47 Å². The number of hydrogen-bond acceptors (Lipinski definition) is 4.